The molecule has 15 heavy (non-hydrogen) atoms. The Bertz CT molecular complexity index is 399. The Balaban J connectivity index is 3.32. The lowest BCUT2D eigenvalue weighted by atomic mass is 9.98. The van der Waals surface area contributed by atoms with Crippen molar-refractivity contribution in [3.8, 4) is 6.07 Å². The van der Waals surface area contributed by atoms with Gasteiger partial charge >= 0.3 is 6.18 Å². The summed E-state index contributed by atoms with van der Waals surface area (Å²) in [4.78, 5) is 0. The SMILES string of the molecule is C[C](C)c1cc(C#N)cc(C(F)(F)F)c1. The molecule has 1 nitrogen and oxygen atoms in total. The van der Waals surface area contributed by atoms with Crippen molar-refractivity contribution in [2.24, 2.45) is 0 Å². The molecule has 1 aromatic rings. The van der Waals surface area contributed by atoms with E-state index in [9.17, 15) is 13.2 Å². The maximum atomic E-state index is 12.4. The Kier molecular flexibility index (Phi) is 3.04. The first-order chi connectivity index (χ1) is 6.84. The fourth-order valence-corrected chi connectivity index (χ4v) is 1.14. The minimum absolute atomic E-state index is 0.0287. The van der Waals surface area contributed by atoms with Gasteiger partial charge in [-0.1, -0.05) is 13.8 Å². The molecular weight excluding hydrogens is 203 g/mol. The smallest absolute Gasteiger partial charge is 0.192 e. The number of halogens is 3. The van der Waals surface area contributed by atoms with Gasteiger partial charge in [-0.3, -0.25) is 0 Å². The third-order valence-electron chi connectivity index (χ3n) is 1.97. The van der Waals surface area contributed by atoms with Crippen molar-refractivity contribution in [3.63, 3.8) is 0 Å². The van der Waals surface area contributed by atoms with Gasteiger partial charge in [-0.2, -0.15) is 18.4 Å². The van der Waals surface area contributed by atoms with E-state index in [2.05, 4.69) is 0 Å². The van der Waals surface area contributed by atoms with E-state index in [-0.39, 0.29) is 5.56 Å². The predicted molar refractivity (Wildman–Crippen MR) is 49.9 cm³/mol. The summed E-state index contributed by atoms with van der Waals surface area (Å²) in [6.45, 7) is 3.41. The third kappa shape index (κ3) is 2.72. The lowest BCUT2D eigenvalue weighted by Crippen LogP contribution is -2.06. The van der Waals surface area contributed by atoms with Gasteiger partial charge in [-0.05, 0) is 29.7 Å². The fourth-order valence-electron chi connectivity index (χ4n) is 1.14. The molecule has 1 aromatic carbocycles. The van der Waals surface area contributed by atoms with Crippen LogP contribution in [0.15, 0.2) is 18.2 Å². The Morgan fingerprint density at radius 1 is 1.20 bits per heavy atom. The van der Waals surface area contributed by atoms with Gasteiger partial charge in [0, 0.05) is 0 Å². The van der Waals surface area contributed by atoms with Crippen molar-refractivity contribution >= 4 is 0 Å². The lowest BCUT2D eigenvalue weighted by Gasteiger charge is -2.11. The Morgan fingerprint density at radius 3 is 2.20 bits per heavy atom. The molecule has 0 spiro atoms. The number of nitrogens with zero attached hydrogens (tertiary/aromatic N) is 1. The van der Waals surface area contributed by atoms with Crippen LogP contribution in [0.4, 0.5) is 13.2 Å². The maximum absolute atomic E-state index is 12.4. The maximum Gasteiger partial charge on any atom is 0.416 e. The Morgan fingerprint density at radius 2 is 1.80 bits per heavy atom. The Labute approximate surface area is 86.1 Å². The van der Waals surface area contributed by atoms with Gasteiger partial charge < -0.3 is 0 Å². The average molecular weight is 212 g/mol. The highest BCUT2D eigenvalue weighted by Gasteiger charge is 2.31. The van der Waals surface area contributed by atoms with E-state index in [0.717, 1.165) is 18.1 Å². The van der Waals surface area contributed by atoms with Crippen LogP contribution in [0.1, 0.15) is 30.5 Å². The van der Waals surface area contributed by atoms with Crippen molar-refractivity contribution in [2.75, 3.05) is 0 Å². The number of hydrogen-bond donors (Lipinski definition) is 0. The standard InChI is InChI=1S/C11H9F3N/c1-7(2)9-3-8(6-15)4-10(5-9)11(12,13)14/h3-5H,1-2H3. The molecule has 1 radical (unpaired) electrons. The largest absolute Gasteiger partial charge is 0.416 e. The molecule has 0 aliphatic carbocycles. The molecule has 0 saturated carbocycles. The summed E-state index contributed by atoms with van der Waals surface area (Å²) in [6, 6.07) is 5.08. The first-order valence-electron chi connectivity index (χ1n) is 4.27. The second-order valence-corrected chi connectivity index (χ2v) is 3.41. The monoisotopic (exact) mass is 212 g/mol. The van der Waals surface area contributed by atoms with Crippen LogP contribution in [0.3, 0.4) is 0 Å². The lowest BCUT2D eigenvalue weighted by molar-refractivity contribution is -0.137. The molecule has 0 heterocycles. The number of nitriles is 1. The summed E-state index contributed by atoms with van der Waals surface area (Å²) in [5, 5.41) is 8.61. The molecule has 0 amide bonds. The van der Waals surface area contributed by atoms with Crippen molar-refractivity contribution in [1.29, 1.82) is 5.26 Å². The number of rotatable bonds is 1. The molecule has 0 bridgehead atoms. The van der Waals surface area contributed by atoms with E-state index < -0.39 is 11.7 Å². The number of alkyl halides is 3. The zero-order valence-electron chi connectivity index (χ0n) is 8.31. The fraction of sp³-hybridized carbons (Fsp3) is 0.273. The zero-order valence-corrected chi connectivity index (χ0v) is 8.31. The molecule has 0 fully saturated rings. The van der Waals surface area contributed by atoms with Gasteiger partial charge in [0.25, 0.3) is 0 Å². The predicted octanol–water partition coefficient (Wildman–Crippen LogP) is 3.54. The van der Waals surface area contributed by atoms with Crippen LogP contribution in [0.25, 0.3) is 0 Å². The summed E-state index contributed by atoms with van der Waals surface area (Å²) in [5.74, 6) is 0.748. The second kappa shape index (κ2) is 3.93. The summed E-state index contributed by atoms with van der Waals surface area (Å²) >= 11 is 0. The molecule has 0 aliphatic heterocycles. The van der Waals surface area contributed by atoms with Crippen LogP contribution in [0.2, 0.25) is 0 Å². The molecule has 0 N–H and O–H groups in total. The highest BCUT2D eigenvalue weighted by molar-refractivity contribution is 5.43. The first-order valence-corrected chi connectivity index (χ1v) is 4.27. The third-order valence-corrected chi connectivity index (χ3v) is 1.97. The topological polar surface area (TPSA) is 23.8 Å². The quantitative estimate of drug-likeness (QED) is 0.698. The minimum Gasteiger partial charge on any atom is -0.192 e. The number of benzene rings is 1. The van der Waals surface area contributed by atoms with Gasteiger partial charge in [0.15, 0.2) is 0 Å². The summed E-state index contributed by atoms with van der Waals surface area (Å²) < 4.78 is 37.3. The van der Waals surface area contributed by atoms with Crippen molar-refractivity contribution in [1.82, 2.24) is 0 Å². The zero-order chi connectivity index (χ0) is 11.6. The minimum atomic E-state index is -4.41. The summed E-state index contributed by atoms with van der Waals surface area (Å²) in [6.07, 6.45) is -4.41. The van der Waals surface area contributed by atoms with Crippen molar-refractivity contribution < 1.29 is 13.2 Å². The molecule has 0 aliphatic rings. The second-order valence-electron chi connectivity index (χ2n) is 3.41. The van der Waals surface area contributed by atoms with Gasteiger partial charge in [-0.15, -0.1) is 0 Å². The van der Waals surface area contributed by atoms with E-state index >= 15 is 0 Å². The normalized spacial score (nSPS) is 11.5. The molecule has 1 rings (SSSR count). The molecule has 0 unspecified atom stereocenters. The van der Waals surface area contributed by atoms with Gasteiger partial charge in [0.05, 0.1) is 17.2 Å². The van der Waals surface area contributed by atoms with E-state index in [1.165, 1.54) is 6.07 Å². The van der Waals surface area contributed by atoms with Crippen LogP contribution >= 0.6 is 0 Å². The molecule has 0 atom stereocenters. The van der Waals surface area contributed by atoms with Crippen LogP contribution in [-0.4, -0.2) is 0 Å². The molecular formula is C11H9F3N. The van der Waals surface area contributed by atoms with E-state index in [1.807, 2.05) is 0 Å². The molecule has 4 heteroatoms. The van der Waals surface area contributed by atoms with Gasteiger partial charge in [-0.25, -0.2) is 0 Å². The summed E-state index contributed by atoms with van der Waals surface area (Å²) in [5.41, 5.74) is -0.305. The van der Waals surface area contributed by atoms with Crippen LogP contribution in [0.5, 0.6) is 0 Å². The summed E-state index contributed by atoms with van der Waals surface area (Å²) in [7, 11) is 0. The van der Waals surface area contributed by atoms with Crippen molar-refractivity contribution in [2.45, 2.75) is 20.0 Å². The molecule has 0 saturated heterocycles. The van der Waals surface area contributed by atoms with E-state index in [4.69, 9.17) is 5.26 Å². The Hall–Kier alpha value is -1.50. The van der Waals surface area contributed by atoms with Crippen molar-refractivity contribution in [3.05, 3.63) is 40.8 Å². The highest BCUT2D eigenvalue weighted by Crippen LogP contribution is 2.31. The highest BCUT2D eigenvalue weighted by atomic mass is 19.4. The van der Waals surface area contributed by atoms with Crippen LogP contribution in [0, 0.1) is 17.2 Å². The first kappa shape index (κ1) is 11.6. The van der Waals surface area contributed by atoms with Crippen LogP contribution in [-0.2, 0) is 6.18 Å². The number of hydrogen-bond acceptors (Lipinski definition) is 1. The molecule has 79 valence electrons. The average Bonchev–Trinajstić information content (AvgIpc) is 2.15. The van der Waals surface area contributed by atoms with Gasteiger partial charge in [0.1, 0.15) is 0 Å². The van der Waals surface area contributed by atoms with Gasteiger partial charge in [0.2, 0.25) is 0 Å². The molecule has 0 aromatic heterocycles. The van der Waals surface area contributed by atoms with Crippen LogP contribution < -0.4 is 0 Å². The van der Waals surface area contributed by atoms with E-state index in [1.54, 1.807) is 19.9 Å². The van der Waals surface area contributed by atoms with E-state index in [0.29, 0.717) is 5.56 Å².